The maximum absolute atomic E-state index is 11.6. The predicted octanol–water partition coefficient (Wildman–Crippen LogP) is 3.55. The van der Waals surface area contributed by atoms with E-state index in [1.165, 1.54) is 34.9 Å². The Morgan fingerprint density at radius 1 is 1.31 bits per heavy atom. The van der Waals surface area contributed by atoms with E-state index < -0.39 is 5.60 Å². The number of hydrogen-bond acceptors (Lipinski definition) is 3. The smallest absolute Gasteiger partial charge is 0.221 e. The van der Waals surface area contributed by atoms with Crippen molar-refractivity contribution in [2.75, 3.05) is 20.1 Å². The number of nitrogens with one attached hydrogen (secondary N) is 2. The summed E-state index contributed by atoms with van der Waals surface area (Å²) >= 11 is 0. The van der Waals surface area contributed by atoms with Gasteiger partial charge in [0, 0.05) is 43.2 Å². The molecule has 2 aliphatic rings. The maximum atomic E-state index is 11.6. The highest BCUT2D eigenvalue weighted by atomic mass is 16.3. The highest BCUT2D eigenvalue weighted by Crippen LogP contribution is 2.34. The van der Waals surface area contributed by atoms with E-state index in [4.69, 9.17) is 0 Å². The number of aromatic nitrogens is 1. The summed E-state index contributed by atoms with van der Waals surface area (Å²) in [6, 6.07) is 7.22. The number of nitrogens with zero attached hydrogens (tertiary/aromatic N) is 1. The summed E-state index contributed by atoms with van der Waals surface area (Å²) in [5.74, 6) is 0.122. The number of rotatable bonds is 8. The van der Waals surface area contributed by atoms with Crippen molar-refractivity contribution in [1.82, 2.24) is 15.2 Å². The van der Waals surface area contributed by atoms with Crippen LogP contribution >= 0.6 is 0 Å². The molecule has 0 radical (unpaired) electrons. The molecule has 1 amide bonds. The van der Waals surface area contributed by atoms with Gasteiger partial charge in [-0.05, 0) is 74.8 Å². The lowest BCUT2D eigenvalue weighted by molar-refractivity contribution is -0.120. The molecule has 158 valence electrons. The number of H-pyrrole nitrogens is 1. The number of aryl methyl sites for hydroxylation is 1. The van der Waals surface area contributed by atoms with Crippen molar-refractivity contribution >= 4 is 16.8 Å². The molecule has 1 aromatic heterocycles. The molecule has 1 aromatic carbocycles. The van der Waals surface area contributed by atoms with Crippen LogP contribution in [0.15, 0.2) is 24.4 Å². The van der Waals surface area contributed by atoms with Crippen molar-refractivity contribution in [2.45, 2.75) is 75.9 Å². The average molecular weight is 398 g/mol. The van der Waals surface area contributed by atoms with Gasteiger partial charge in [0.05, 0.1) is 5.60 Å². The van der Waals surface area contributed by atoms with Crippen LogP contribution in [0.1, 0.15) is 62.5 Å². The number of benzene rings is 1. The molecule has 5 heteroatoms. The first-order valence-electron chi connectivity index (χ1n) is 11.3. The molecule has 3 N–H and O–H groups in total. The Balaban J connectivity index is 1.42. The quantitative estimate of drug-likeness (QED) is 0.638. The minimum Gasteiger partial charge on any atom is -0.390 e. The molecule has 1 atom stereocenters. The molecule has 1 saturated carbocycles. The topological polar surface area (TPSA) is 68.4 Å². The standard InChI is InChI=1S/C24H35N3O2/c1-25-23(28)9-14-27-13-4-5-20(27)16-19-17-26-22-7-6-18(15-21(19)22)8-12-24(29)10-2-3-11-24/h6-7,15,17,20,26,29H,2-5,8-14,16H2,1H3,(H,25,28)/t20-/m1/s1. The number of aromatic amines is 1. The second kappa shape index (κ2) is 8.88. The van der Waals surface area contributed by atoms with E-state index in [2.05, 4.69) is 39.6 Å². The van der Waals surface area contributed by atoms with Crippen molar-refractivity contribution in [2.24, 2.45) is 0 Å². The lowest BCUT2D eigenvalue weighted by Gasteiger charge is -2.24. The van der Waals surface area contributed by atoms with Gasteiger partial charge in [-0.2, -0.15) is 0 Å². The van der Waals surface area contributed by atoms with E-state index in [0.717, 1.165) is 58.0 Å². The number of carbonyl (C=O) groups excluding carboxylic acids is 1. The third-order valence-corrected chi connectivity index (χ3v) is 7.10. The fourth-order valence-corrected chi connectivity index (χ4v) is 5.25. The highest BCUT2D eigenvalue weighted by Gasteiger charge is 2.30. The van der Waals surface area contributed by atoms with Crippen molar-refractivity contribution < 1.29 is 9.90 Å². The number of fused-ring (bicyclic) bond motifs is 1. The van der Waals surface area contributed by atoms with Crippen LogP contribution in [-0.2, 0) is 17.6 Å². The second-order valence-corrected chi connectivity index (χ2v) is 9.08. The summed E-state index contributed by atoms with van der Waals surface area (Å²) in [5.41, 5.74) is 3.45. The van der Waals surface area contributed by atoms with Gasteiger partial charge in [-0.25, -0.2) is 0 Å². The largest absolute Gasteiger partial charge is 0.390 e. The van der Waals surface area contributed by atoms with E-state index in [9.17, 15) is 9.90 Å². The first kappa shape index (κ1) is 20.4. The molecule has 2 fully saturated rings. The van der Waals surface area contributed by atoms with Crippen LogP contribution in [0.3, 0.4) is 0 Å². The van der Waals surface area contributed by atoms with E-state index in [1.807, 2.05) is 0 Å². The summed E-state index contributed by atoms with van der Waals surface area (Å²) in [7, 11) is 1.71. The van der Waals surface area contributed by atoms with Crippen molar-refractivity contribution in [3.63, 3.8) is 0 Å². The number of likely N-dealkylation sites (tertiary alicyclic amines) is 1. The van der Waals surface area contributed by atoms with Crippen LogP contribution in [0.25, 0.3) is 10.9 Å². The van der Waals surface area contributed by atoms with Gasteiger partial charge in [-0.3, -0.25) is 9.69 Å². The van der Waals surface area contributed by atoms with Gasteiger partial charge in [0.25, 0.3) is 0 Å². The van der Waals surface area contributed by atoms with E-state index >= 15 is 0 Å². The Morgan fingerprint density at radius 2 is 2.14 bits per heavy atom. The Morgan fingerprint density at radius 3 is 2.93 bits per heavy atom. The second-order valence-electron chi connectivity index (χ2n) is 9.08. The van der Waals surface area contributed by atoms with Gasteiger partial charge in [-0.15, -0.1) is 0 Å². The number of carbonyl (C=O) groups is 1. The van der Waals surface area contributed by atoms with Crippen LogP contribution in [0, 0.1) is 0 Å². The first-order valence-corrected chi connectivity index (χ1v) is 11.3. The zero-order chi connectivity index (χ0) is 20.3. The van der Waals surface area contributed by atoms with E-state index in [1.54, 1.807) is 7.05 Å². The van der Waals surface area contributed by atoms with Gasteiger partial charge < -0.3 is 15.4 Å². The number of aliphatic hydroxyl groups is 1. The Hall–Kier alpha value is -1.85. The van der Waals surface area contributed by atoms with Crippen molar-refractivity contribution in [3.05, 3.63) is 35.5 Å². The fourth-order valence-electron chi connectivity index (χ4n) is 5.25. The van der Waals surface area contributed by atoms with Crippen LogP contribution in [-0.4, -0.2) is 52.7 Å². The molecule has 1 aliphatic carbocycles. The lowest BCUT2D eigenvalue weighted by Crippen LogP contribution is -2.34. The highest BCUT2D eigenvalue weighted by molar-refractivity contribution is 5.84. The molecule has 0 unspecified atom stereocenters. The van der Waals surface area contributed by atoms with Crippen LogP contribution in [0.5, 0.6) is 0 Å². The van der Waals surface area contributed by atoms with Crippen LogP contribution in [0.4, 0.5) is 0 Å². The molecule has 1 saturated heterocycles. The molecule has 0 spiro atoms. The zero-order valence-electron chi connectivity index (χ0n) is 17.7. The van der Waals surface area contributed by atoms with Gasteiger partial charge >= 0.3 is 0 Å². The average Bonchev–Trinajstić information content (AvgIpc) is 3.46. The minimum atomic E-state index is -0.439. The molecule has 29 heavy (non-hydrogen) atoms. The molecular weight excluding hydrogens is 362 g/mol. The molecule has 0 bridgehead atoms. The summed E-state index contributed by atoms with van der Waals surface area (Å²) in [6.45, 7) is 1.93. The normalized spacial score (nSPS) is 21.8. The predicted molar refractivity (Wildman–Crippen MR) is 117 cm³/mol. The Bertz CT molecular complexity index is 838. The zero-order valence-corrected chi connectivity index (χ0v) is 17.7. The lowest BCUT2D eigenvalue weighted by atomic mass is 9.92. The SMILES string of the molecule is CNC(=O)CCN1CCC[C@@H]1Cc1c[nH]c2ccc(CCC3(O)CCCC3)cc12. The van der Waals surface area contributed by atoms with Crippen LogP contribution < -0.4 is 5.32 Å². The molecule has 2 heterocycles. The van der Waals surface area contributed by atoms with E-state index in [0.29, 0.717) is 12.5 Å². The molecule has 2 aromatic rings. The van der Waals surface area contributed by atoms with Gasteiger partial charge in [0.1, 0.15) is 0 Å². The molecule has 4 rings (SSSR count). The summed E-state index contributed by atoms with van der Waals surface area (Å²) in [6.07, 6.45) is 12.2. The van der Waals surface area contributed by atoms with Crippen LogP contribution in [0.2, 0.25) is 0 Å². The summed E-state index contributed by atoms with van der Waals surface area (Å²) in [4.78, 5) is 17.5. The summed E-state index contributed by atoms with van der Waals surface area (Å²) < 4.78 is 0. The first-order chi connectivity index (χ1) is 14.1. The summed E-state index contributed by atoms with van der Waals surface area (Å²) in [5, 5.41) is 14.7. The molecule has 5 nitrogen and oxygen atoms in total. The van der Waals surface area contributed by atoms with Gasteiger partial charge in [0.2, 0.25) is 5.91 Å². The number of amides is 1. The third-order valence-electron chi connectivity index (χ3n) is 7.10. The van der Waals surface area contributed by atoms with Crippen molar-refractivity contribution in [1.29, 1.82) is 0 Å². The van der Waals surface area contributed by atoms with Gasteiger partial charge in [-0.1, -0.05) is 18.9 Å². The number of hydrogen-bond donors (Lipinski definition) is 3. The Kier molecular flexibility index (Phi) is 6.26. The Labute approximate surface area is 173 Å². The van der Waals surface area contributed by atoms with E-state index in [-0.39, 0.29) is 5.91 Å². The van der Waals surface area contributed by atoms with Gasteiger partial charge in [0.15, 0.2) is 0 Å². The maximum Gasteiger partial charge on any atom is 0.221 e. The monoisotopic (exact) mass is 397 g/mol. The molecular formula is C24H35N3O2. The third kappa shape index (κ3) is 4.84. The molecule has 1 aliphatic heterocycles. The fraction of sp³-hybridized carbons (Fsp3) is 0.625. The van der Waals surface area contributed by atoms with Crippen molar-refractivity contribution in [3.8, 4) is 0 Å². The minimum absolute atomic E-state index is 0.122.